The maximum atomic E-state index is 11.7. The molecule has 130 valence electrons. The average Bonchev–Trinajstić information content (AvgIpc) is 2.51. The molecule has 1 aliphatic heterocycles. The maximum Gasteiger partial charge on any atom is 0.309 e. The van der Waals surface area contributed by atoms with Crippen LogP contribution in [0.2, 0.25) is 0 Å². The molecule has 0 aliphatic carbocycles. The number of likely N-dealkylation sites (tertiary alicyclic amines) is 1. The highest BCUT2D eigenvalue weighted by atomic mass is 127. The quantitative estimate of drug-likeness (QED) is 0.221. The molecular formula is C15H30IN3O3. The van der Waals surface area contributed by atoms with Gasteiger partial charge < -0.3 is 19.7 Å². The monoisotopic (exact) mass is 427 g/mol. The largest absolute Gasteiger partial charge is 0.466 e. The molecule has 0 aromatic heterocycles. The van der Waals surface area contributed by atoms with Gasteiger partial charge in [-0.15, -0.1) is 24.0 Å². The summed E-state index contributed by atoms with van der Waals surface area (Å²) in [5.74, 6) is 0.924. The molecule has 0 unspecified atom stereocenters. The lowest BCUT2D eigenvalue weighted by molar-refractivity contribution is -0.149. The Bertz CT molecular complexity index is 332. The summed E-state index contributed by atoms with van der Waals surface area (Å²) in [6.45, 7) is 8.41. The number of rotatable bonds is 7. The van der Waals surface area contributed by atoms with Gasteiger partial charge in [0.05, 0.1) is 12.5 Å². The van der Waals surface area contributed by atoms with Gasteiger partial charge in [0.1, 0.15) is 0 Å². The molecule has 1 aliphatic rings. The highest BCUT2D eigenvalue weighted by Crippen LogP contribution is 2.18. The lowest BCUT2D eigenvalue weighted by atomic mass is 9.97. The van der Waals surface area contributed by atoms with Crippen molar-refractivity contribution < 1.29 is 14.3 Å². The first-order valence-electron chi connectivity index (χ1n) is 7.91. The second kappa shape index (κ2) is 12.9. The second-order valence-electron chi connectivity index (χ2n) is 5.10. The number of esters is 1. The van der Waals surface area contributed by atoms with Crippen molar-refractivity contribution in [1.29, 1.82) is 0 Å². The van der Waals surface area contributed by atoms with E-state index in [9.17, 15) is 4.79 Å². The third-order valence-corrected chi connectivity index (χ3v) is 3.52. The fourth-order valence-electron chi connectivity index (χ4n) is 2.41. The third-order valence-electron chi connectivity index (χ3n) is 3.52. The van der Waals surface area contributed by atoms with Crippen molar-refractivity contribution in [3.05, 3.63) is 0 Å². The summed E-state index contributed by atoms with van der Waals surface area (Å²) < 4.78 is 10.1. The van der Waals surface area contributed by atoms with Crippen LogP contribution in [0.3, 0.4) is 0 Å². The van der Waals surface area contributed by atoms with Crippen molar-refractivity contribution in [1.82, 2.24) is 10.2 Å². The molecule has 6 nitrogen and oxygen atoms in total. The first-order valence-corrected chi connectivity index (χ1v) is 7.91. The van der Waals surface area contributed by atoms with Crippen LogP contribution in [0.25, 0.3) is 0 Å². The van der Waals surface area contributed by atoms with Crippen LogP contribution in [0, 0.1) is 5.92 Å². The van der Waals surface area contributed by atoms with Gasteiger partial charge in [-0.25, -0.2) is 0 Å². The van der Waals surface area contributed by atoms with Gasteiger partial charge in [0.15, 0.2) is 5.96 Å². The third kappa shape index (κ3) is 7.62. The molecule has 1 fully saturated rings. The number of hydrogen-bond acceptors (Lipinski definition) is 4. The van der Waals surface area contributed by atoms with Crippen molar-refractivity contribution in [3.8, 4) is 0 Å². The Labute approximate surface area is 151 Å². The smallest absolute Gasteiger partial charge is 0.309 e. The molecule has 22 heavy (non-hydrogen) atoms. The summed E-state index contributed by atoms with van der Waals surface area (Å²) in [7, 11) is 1.70. The molecule has 1 rings (SSSR count). The number of methoxy groups -OCH3 is 1. The number of carbonyl (C=O) groups excluding carboxylic acids is 1. The Morgan fingerprint density at radius 1 is 1.32 bits per heavy atom. The van der Waals surface area contributed by atoms with Gasteiger partial charge in [-0.2, -0.15) is 0 Å². The van der Waals surface area contributed by atoms with E-state index in [0.29, 0.717) is 6.61 Å². The predicted octanol–water partition coefficient (Wildman–Crippen LogP) is 1.88. The summed E-state index contributed by atoms with van der Waals surface area (Å²) >= 11 is 0. The van der Waals surface area contributed by atoms with Gasteiger partial charge >= 0.3 is 5.97 Å². The topological polar surface area (TPSA) is 63.2 Å². The molecular weight excluding hydrogens is 397 g/mol. The highest BCUT2D eigenvalue weighted by Gasteiger charge is 2.27. The van der Waals surface area contributed by atoms with Crippen LogP contribution < -0.4 is 5.32 Å². The van der Waals surface area contributed by atoms with Crippen molar-refractivity contribution in [2.45, 2.75) is 33.1 Å². The Morgan fingerprint density at radius 2 is 2.00 bits per heavy atom. The number of halogens is 1. The molecule has 0 aromatic carbocycles. The van der Waals surface area contributed by atoms with Crippen molar-refractivity contribution in [3.63, 3.8) is 0 Å². The number of ether oxygens (including phenoxy) is 2. The molecule has 0 aromatic rings. The van der Waals surface area contributed by atoms with Crippen LogP contribution in [0.4, 0.5) is 0 Å². The van der Waals surface area contributed by atoms with Crippen LogP contribution in [-0.4, -0.2) is 63.3 Å². The van der Waals surface area contributed by atoms with E-state index in [2.05, 4.69) is 22.1 Å². The predicted molar refractivity (Wildman–Crippen MR) is 98.8 cm³/mol. The zero-order valence-corrected chi connectivity index (χ0v) is 16.3. The molecule has 1 saturated heterocycles. The Balaban J connectivity index is 0.00000441. The van der Waals surface area contributed by atoms with E-state index in [-0.39, 0.29) is 35.9 Å². The molecule has 7 heteroatoms. The first kappa shape index (κ1) is 21.4. The minimum Gasteiger partial charge on any atom is -0.466 e. The summed E-state index contributed by atoms with van der Waals surface area (Å²) in [5, 5.41) is 3.32. The number of nitrogens with zero attached hydrogens (tertiary/aromatic N) is 2. The van der Waals surface area contributed by atoms with E-state index >= 15 is 0 Å². The number of hydrogen-bond donors (Lipinski definition) is 1. The second-order valence-corrected chi connectivity index (χ2v) is 5.10. The van der Waals surface area contributed by atoms with Crippen molar-refractivity contribution in [2.24, 2.45) is 10.9 Å². The molecule has 0 radical (unpaired) electrons. The standard InChI is InChI=1S/C15H29N3O3.HI/c1-4-16-15(17-9-6-12-20-3)18-10-7-13(8-11-18)14(19)21-5-2;/h13H,4-12H2,1-3H3,(H,16,17);1H. The molecule has 0 amide bonds. The van der Waals surface area contributed by atoms with E-state index in [0.717, 1.165) is 58.0 Å². The molecule has 1 heterocycles. The van der Waals surface area contributed by atoms with Gasteiger partial charge in [0.25, 0.3) is 0 Å². The van der Waals surface area contributed by atoms with Gasteiger partial charge in [-0.3, -0.25) is 9.79 Å². The molecule has 0 atom stereocenters. The number of piperidine rings is 1. The molecule has 0 saturated carbocycles. The SMILES string of the molecule is CCNC(=NCCCOC)N1CCC(C(=O)OCC)CC1.I. The number of nitrogens with one attached hydrogen (secondary N) is 1. The van der Waals surface area contributed by atoms with Gasteiger partial charge in [0.2, 0.25) is 0 Å². The van der Waals surface area contributed by atoms with E-state index in [1.807, 2.05) is 6.92 Å². The van der Waals surface area contributed by atoms with Crippen molar-refractivity contribution >= 4 is 35.9 Å². The van der Waals surface area contributed by atoms with Crippen LogP contribution in [0.15, 0.2) is 4.99 Å². The Kier molecular flexibility index (Phi) is 12.6. The Morgan fingerprint density at radius 3 is 2.55 bits per heavy atom. The number of carbonyl (C=O) groups is 1. The van der Waals surface area contributed by atoms with Crippen LogP contribution in [-0.2, 0) is 14.3 Å². The fraction of sp³-hybridized carbons (Fsp3) is 0.867. The lowest BCUT2D eigenvalue weighted by Crippen LogP contribution is -2.46. The van der Waals surface area contributed by atoms with Crippen molar-refractivity contribution in [2.75, 3.05) is 46.5 Å². The van der Waals surface area contributed by atoms with E-state index < -0.39 is 0 Å². The summed E-state index contributed by atoms with van der Waals surface area (Å²) in [6, 6.07) is 0. The summed E-state index contributed by atoms with van der Waals surface area (Å²) in [6.07, 6.45) is 2.59. The maximum absolute atomic E-state index is 11.7. The van der Waals surface area contributed by atoms with Gasteiger partial charge in [-0.1, -0.05) is 0 Å². The number of aliphatic imine (C=N–C) groups is 1. The summed E-state index contributed by atoms with van der Waals surface area (Å²) in [4.78, 5) is 18.6. The van der Waals surface area contributed by atoms with Crippen LogP contribution in [0.5, 0.6) is 0 Å². The molecule has 0 bridgehead atoms. The zero-order chi connectivity index (χ0) is 15.5. The van der Waals surface area contributed by atoms with E-state index in [1.165, 1.54) is 0 Å². The zero-order valence-electron chi connectivity index (χ0n) is 14.0. The minimum absolute atomic E-state index is 0. The normalized spacial score (nSPS) is 16.1. The minimum atomic E-state index is -0.0563. The summed E-state index contributed by atoms with van der Waals surface area (Å²) in [5.41, 5.74) is 0. The average molecular weight is 427 g/mol. The molecule has 0 spiro atoms. The first-order chi connectivity index (χ1) is 10.2. The van der Waals surface area contributed by atoms with Gasteiger partial charge in [-0.05, 0) is 33.1 Å². The van der Waals surface area contributed by atoms with E-state index in [1.54, 1.807) is 7.11 Å². The van der Waals surface area contributed by atoms with Crippen LogP contribution >= 0.6 is 24.0 Å². The fourth-order valence-corrected chi connectivity index (χ4v) is 2.41. The molecule has 1 N–H and O–H groups in total. The van der Waals surface area contributed by atoms with Gasteiger partial charge in [0, 0.05) is 39.9 Å². The van der Waals surface area contributed by atoms with E-state index in [4.69, 9.17) is 9.47 Å². The van der Waals surface area contributed by atoms with Crippen LogP contribution in [0.1, 0.15) is 33.1 Å². The Hall–Kier alpha value is -0.570. The highest BCUT2D eigenvalue weighted by molar-refractivity contribution is 14.0. The lowest BCUT2D eigenvalue weighted by Gasteiger charge is -2.33. The number of guanidine groups is 1.